The topological polar surface area (TPSA) is 47.1 Å². The summed E-state index contributed by atoms with van der Waals surface area (Å²) in [4.78, 5) is 41.2. The molecule has 0 radical (unpaired) electrons. The van der Waals surface area contributed by atoms with Crippen molar-refractivity contribution < 1.29 is 27.2 Å². The Balaban J connectivity index is 0.850. The molecular weight excluding hydrogens is 1440 g/mol. The Morgan fingerprint density at radius 2 is 0.457 bits per heavy atom. The fourth-order valence-corrected chi connectivity index (χ4v) is 15.5. The maximum Gasteiger partial charge on any atom is 0.193 e. The van der Waals surface area contributed by atoms with Crippen LogP contribution in [0, 0.1) is 71.7 Å². The van der Waals surface area contributed by atoms with E-state index in [0.29, 0.717) is 78.0 Å². The smallest absolute Gasteiger partial charge is 0.193 e. The van der Waals surface area contributed by atoms with E-state index in [4.69, 9.17) is 0 Å². The molecule has 16 aromatic rings. The third-order valence-corrected chi connectivity index (χ3v) is 21.0. The summed E-state index contributed by atoms with van der Waals surface area (Å²) in [6.45, 7) is 14.6. The van der Waals surface area contributed by atoms with E-state index >= 15 is 14.0 Å². The van der Waals surface area contributed by atoms with Gasteiger partial charge in [0.05, 0.1) is 0 Å². The van der Waals surface area contributed by atoms with Crippen LogP contribution >= 0.6 is 0 Å². The van der Waals surface area contributed by atoms with Crippen LogP contribution in [0.25, 0.3) is 44.5 Å². The van der Waals surface area contributed by atoms with Crippen molar-refractivity contribution in [2.24, 2.45) is 0 Å². The molecule has 0 aromatic heterocycles. The molecule has 0 aliphatic rings. The minimum atomic E-state index is -0.441. The van der Waals surface area contributed by atoms with Gasteiger partial charge in [-0.25, -0.2) is 17.6 Å². The molecule has 0 bridgehead atoms. The first kappa shape index (κ1) is 75.8. The van der Waals surface area contributed by atoms with Gasteiger partial charge in [-0.3, -0.25) is 9.59 Å². The van der Waals surface area contributed by atoms with Gasteiger partial charge in [0.1, 0.15) is 23.3 Å². The van der Waals surface area contributed by atoms with Crippen molar-refractivity contribution >= 4 is 79.8 Å². The zero-order valence-corrected chi connectivity index (χ0v) is 65.4. The molecular formula is C106H82F4N4O2. The molecule has 16 aromatic carbocycles. The first-order valence-electron chi connectivity index (χ1n) is 38.8. The van der Waals surface area contributed by atoms with Crippen LogP contribution in [0.15, 0.2) is 358 Å². The van der Waals surface area contributed by atoms with Gasteiger partial charge in [-0.05, 0) is 361 Å². The van der Waals surface area contributed by atoms with Gasteiger partial charge in [-0.15, -0.1) is 0 Å². The molecule has 0 unspecified atom stereocenters. The SMILES string of the molecule is Cc1cccc(N(c2cccc(C)c2)c2cc(C(=O)c3cc(N(c4cccc(C)c4)c4cccc(C)c4)cc(N(c4cccc(C)c4)c4cccc(Cc5cc(-c6cc(C(=O)c7cc(-c8ccc(F)cc8)cc(-c8ccc(F)cc8)c7)cc(-c7ccc(F)cc7)c6)ccc5F)c4)c3)cc(N(c3cccc(C)c3)c3cccc(C)c3)c2)c1. The molecule has 6 nitrogen and oxygen atoms in total. The molecule has 116 heavy (non-hydrogen) atoms. The zero-order valence-electron chi connectivity index (χ0n) is 65.4. The minimum Gasteiger partial charge on any atom is -0.310 e. The maximum absolute atomic E-state index is 17.1. The fraction of sp³-hybridized carbons (Fsp3) is 0.0755. The molecule has 0 heterocycles. The number of halogens is 4. The van der Waals surface area contributed by atoms with Crippen LogP contribution in [0.4, 0.5) is 85.8 Å². The number of carbonyl (C=O) groups is 2. The lowest BCUT2D eigenvalue weighted by atomic mass is 9.89. The highest BCUT2D eigenvalue weighted by Crippen LogP contribution is 2.47. The molecule has 0 fully saturated rings. The van der Waals surface area contributed by atoms with E-state index in [-0.39, 0.29) is 18.0 Å². The van der Waals surface area contributed by atoms with E-state index in [1.165, 1.54) is 42.5 Å². The van der Waals surface area contributed by atoms with Gasteiger partial charge >= 0.3 is 0 Å². The van der Waals surface area contributed by atoms with Crippen molar-refractivity contribution in [2.75, 3.05) is 19.6 Å². The molecule has 0 aliphatic carbocycles. The Hall–Kier alpha value is -14.2. The maximum atomic E-state index is 17.1. The lowest BCUT2D eigenvalue weighted by Crippen LogP contribution is -2.17. The largest absolute Gasteiger partial charge is 0.310 e. The molecule has 0 saturated heterocycles. The van der Waals surface area contributed by atoms with Gasteiger partial charge in [0.15, 0.2) is 11.6 Å². The third-order valence-electron chi connectivity index (χ3n) is 21.0. The second kappa shape index (κ2) is 32.8. The predicted octanol–water partition coefficient (Wildman–Crippen LogP) is 29.0. The molecule has 0 amide bonds. The molecule has 0 saturated carbocycles. The number of carbonyl (C=O) groups excluding carboxylic acids is 2. The summed E-state index contributed by atoms with van der Waals surface area (Å²) in [7, 11) is 0. The molecule has 566 valence electrons. The molecule has 0 N–H and O–H groups in total. The van der Waals surface area contributed by atoms with Gasteiger partial charge < -0.3 is 19.6 Å². The van der Waals surface area contributed by atoms with Crippen molar-refractivity contribution in [2.45, 2.75) is 54.9 Å². The fourth-order valence-electron chi connectivity index (χ4n) is 15.5. The first-order chi connectivity index (χ1) is 56.2. The second-order valence-electron chi connectivity index (χ2n) is 30.1. The van der Waals surface area contributed by atoms with Crippen molar-refractivity contribution in [1.82, 2.24) is 0 Å². The standard InChI is InChI=1S/C106H82F4N4O2/c1-68-16-8-24-92(46-68)111(93-25-9-17-69(2)47-93)100-62-87(63-101(66-100)112(94-26-10-18-70(3)48-94)95-27-11-19-71(4)49-95)106(116)88-64-102(113(96-28-12-20-72(5)50-96)97-29-13-21-73(6)51-97)67-103(65-88)114(98-30-14-22-74(7)52-98)99-31-15-23-75(54-99)53-84-55-79(38-45-104(84)110)83-57-82(78-36-43-91(109)44-37-78)60-86(61-83)105(115)85-58-80(76-32-39-89(107)40-33-76)56-81(59-85)77-34-41-90(108)42-35-77/h8-52,54-67H,53H2,1-7H3. The summed E-state index contributed by atoms with van der Waals surface area (Å²) >= 11 is 0. The van der Waals surface area contributed by atoms with Crippen LogP contribution in [-0.4, -0.2) is 11.6 Å². The number of hydrogen-bond donors (Lipinski definition) is 0. The van der Waals surface area contributed by atoms with Crippen molar-refractivity contribution in [3.8, 4) is 44.5 Å². The highest BCUT2D eigenvalue weighted by atomic mass is 19.1. The number of hydrogen-bond acceptors (Lipinski definition) is 6. The van der Waals surface area contributed by atoms with Gasteiger partial charge in [0.25, 0.3) is 0 Å². The highest BCUT2D eigenvalue weighted by Gasteiger charge is 2.27. The van der Waals surface area contributed by atoms with Crippen LogP contribution < -0.4 is 19.6 Å². The summed E-state index contributed by atoms with van der Waals surface area (Å²) in [5, 5.41) is 0. The number of nitrogens with zero attached hydrogens (tertiary/aromatic N) is 4. The number of ketones is 2. The van der Waals surface area contributed by atoms with Gasteiger partial charge in [0.2, 0.25) is 0 Å². The van der Waals surface area contributed by atoms with Crippen LogP contribution in [0.5, 0.6) is 0 Å². The van der Waals surface area contributed by atoms with Crippen LogP contribution in [0.2, 0.25) is 0 Å². The summed E-state index contributed by atoms with van der Waals surface area (Å²) in [6, 6.07) is 113. The Morgan fingerprint density at radius 3 is 0.733 bits per heavy atom. The molecule has 0 spiro atoms. The van der Waals surface area contributed by atoms with Gasteiger partial charge in [-0.1, -0.05) is 140 Å². The van der Waals surface area contributed by atoms with Crippen molar-refractivity contribution in [3.05, 3.63) is 454 Å². The molecule has 16 rings (SSSR count). The lowest BCUT2D eigenvalue weighted by Gasteiger charge is -2.31. The second-order valence-corrected chi connectivity index (χ2v) is 30.1. The Kier molecular flexibility index (Phi) is 21.5. The molecule has 0 atom stereocenters. The van der Waals surface area contributed by atoms with Crippen LogP contribution in [0.3, 0.4) is 0 Å². The lowest BCUT2D eigenvalue weighted by molar-refractivity contribution is 0.103. The van der Waals surface area contributed by atoms with Gasteiger partial charge in [-0.2, -0.15) is 0 Å². The highest BCUT2D eigenvalue weighted by molar-refractivity contribution is 6.13. The number of rotatable bonds is 22. The van der Waals surface area contributed by atoms with E-state index in [1.54, 1.807) is 66.7 Å². The van der Waals surface area contributed by atoms with E-state index in [9.17, 15) is 13.2 Å². The van der Waals surface area contributed by atoms with E-state index in [2.05, 4.69) is 250 Å². The summed E-state index contributed by atoms with van der Waals surface area (Å²) in [5.41, 5.74) is 25.1. The monoisotopic (exact) mass is 1520 g/mol. The zero-order chi connectivity index (χ0) is 80.3. The Morgan fingerprint density at radius 1 is 0.216 bits per heavy atom. The first-order valence-corrected chi connectivity index (χ1v) is 38.8. The molecule has 0 aliphatic heterocycles. The summed E-state index contributed by atoms with van der Waals surface area (Å²) in [5.74, 6) is -2.27. The minimum absolute atomic E-state index is 0.141. The summed E-state index contributed by atoms with van der Waals surface area (Å²) < 4.78 is 60.5. The number of anilines is 12. The Labute approximate surface area is 675 Å². The average Bonchev–Trinajstić information content (AvgIpc) is 0.765. The average molecular weight is 1520 g/mol. The van der Waals surface area contributed by atoms with E-state index in [0.717, 1.165) is 107 Å². The Bertz CT molecular complexity index is 6100. The summed E-state index contributed by atoms with van der Waals surface area (Å²) in [6.07, 6.45) is 0.141. The van der Waals surface area contributed by atoms with E-state index < -0.39 is 23.3 Å². The van der Waals surface area contributed by atoms with Crippen LogP contribution in [-0.2, 0) is 6.42 Å². The molecule has 10 heteroatoms. The van der Waals surface area contributed by atoms with E-state index in [1.807, 2.05) is 66.7 Å². The quantitative estimate of drug-likeness (QED) is 0.0498. The van der Waals surface area contributed by atoms with Crippen molar-refractivity contribution in [3.63, 3.8) is 0 Å². The predicted molar refractivity (Wildman–Crippen MR) is 469 cm³/mol. The number of benzene rings is 16. The third kappa shape index (κ3) is 16.8. The van der Waals surface area contributed by atoms with Crippen LogP contribution in [0.1, 0.15) is 81.9 Å². The van der Waals surface area contributed by atoms with Crippen molar-refractivity contribution in [1.29, 1.82) is 0 Å². The normalized spacial score (nSPS) is 11.2. The van der Waals surface area contributed by atoms with Gasteiger partial charge in [0, 0.05) is 96.9 Å². The number of aryl methyl sites for hydroxylation is 7.